The van der Waals surface area contributed by atoms with Crippen molar-refractivity contribution in [2.75, 3.05) is 0 Å². The fraction of sp³-hybridized carbons (Fsp3) is 0.625. The lowest BCUT2D eigenvalue weighted by molar-refractivity contribution is -0.123. The molecule has 0 unspecified atom stereocenters. The van der Waals surface area contributed by atoms with Crippen LogP contribution < -0.4 is 11.1 Å². The molecule has 0 aliphatic carbocycles. The Bertz CT molecular complexity index is 330. The fourth-order valence-corrected chi connectivity index (χ4v) is 0.870. The van der Waals surface area contributed by atoms with E-state index in [1.807, 2.05) is 0 Å². The van der Waals surface area contributed by atoms with E-state index in [-0.39, 0.29) is 5.91 Å². The SMILES string of the molecule is Cn1nncc1CNC(C)(C)C(N)=O. The second kappa shape index (κ2) is 3.75. The van der Waals surface area contributed by atoms with Crippen LogP contribution in [0.5, 0.6) is 0 Å². The number of hydrogen-bond donors (Lipinski definition) is 2. The molecule has 78 valence electrons. The Balaban J connectivity index is 2.57. The summed E-state index contributed by atoms with van der Waals surface area (Å²) in [5.74, 6) is -0.382. The quantitative estimate of drug-likeness (QED) is 0.659. The number of amides is 1. The van der Waals surface area contributed by atoms with Crippen molar-refractivity contribution in [2.24, 2.45) is 12.8 Å². The number of rotatable bonds is 4. The highest BCUT2D eigenvalue weighted by Crippen LogP contribution is 2.02. The Kier molecular flexibility index (Phi) is 2.85. The molecule has 6 heteroatoms. The van der Waals surface area contributed by atoms with E-state index in [1.54, 1.807) is 31.8 Å². The average molecular weight is 197 g/mol. The summed E-state index contributed by atoms with van der Waals surface area (Å²) in [6.07, 6.45) is 1.64. The van der Waals surface area contributed by atoms with Crippen LogP contribution in [0.3, 0.4) is 0 Å². The predicted molar refractivity (Wildman–Crippen MR) is 51.1 cm³/mol. The Morgan fingerprint density at radius 1 is 1.71 bits per heavy atom. The molecule has 3 N–H and O–H groups in total. The Labute approximate surface area is 82.5 Å². The number of aromatic nitrogens is 3. The molecule has 0 aliphatic rings. The minimum atomic E-state index is -0.718. The second-order valence-corrected chi connectivity index (χ2v) is 3.69. The lowest BCUT2D eigenvalue weighted by atomic mass is 10.1. The fourth-order valence-electron chi connectivity index (χ4n) is 0.870. The van der Waals surface area contributed by atoms with Gasteiger partial charge in [-0.1, -0.05) is 5.21 Å². The van der Waals surface area contributed by atoms with Crippen LogP contribution in [0, 0.1) is 0 Å². The monoisotopic (exact) mass is 197 g/mol. The van der Waals surface area contributed by atoms with Crippen LogP contribution in [0.15, 0.2) is 6.20 Å². The third-order valence-electron chi connectivity index (χ3n) is 2.14. The van der Waals surface area contributed by atoms with Gasteiger partial charge in [-0.05, 0) is 13.8 Å². The molecule has 0 atom stereocenters. The third-order valence-corrected chi connectivity index (χ3v) is 2.14. The van der Waals surface area contributed by atoms with Crippen LogP contribution in [-0.4, -0.2) is 26.4 Å². The molecular weight excluding hydrogens is 182 g/mol. The normalized spacial score (nSPS) is 11.6. The zero-order valence-corrected chi connectivity index (χ0v) is 8.61. The average Bonchev–Trinajstić information content (AvgIpc) is 2.47. The van der Waals surface area contributed by atoms with Crippen LogP contribution in [0.4, 0.5) is 0 Å². The van der Waals surface area contributed by atoms with E-state index >= 15 is 0 Å². The highest BCUT2D eigenvalue weighted by atomic mass is 16.1. The molecule has 0 saturated carbocycles. The molecule has 0 spiro atoms. The summed E-state index contributed by atoms with van der Waals surface area (Å²) in [6, 6.07) is 0. The van der Waals surface area contributed by atoms with Crippen molar-refractivity contribution < 1.29 is 4.79 Å². The molecule has 0 aliphatic heterocycles. The number of carbonyl (C=O) groups is 1. The van der Waals surface area contributed by atoms with Gasteiger partial charge in [-0.15, -0.1) is 5.10 Å². The van der Waals surface area contributed by atoms with Gasteiger partial charge in [0.25, 0.3) is 0 Å². The van der Waals surface area contributed by atoms with Crippen molar-refractivity contribution in [3.63, 3.8) is 0 Å². The molecule has 0 aromatic carbocycles. The summed E-state index contributed by atoms with van der Waals surface area (Å²) < 4.78 is 1.64. The maximum absolute atomic E-state index is 11.0. The van der Waals surface area contributed by atoms with Crippen molar-refractivity contribution >= 4 is 5.91 Å². The number of primary amides is 1. The summed E-state index contributed by atoms with van der Waals surface area (Å²) >= 11 is 0. The van der Waals surface area contributed by atoms with E-state index in [2.05, 4.69) is 15.6 Å². The first-order valence-corrected chi connectivity index (χ1v) is 4.32. The molecule has 0 fully saturated rings. The van der Waals surface area contributed by atoms with Gasteiger partial charge in [0, 0.05) is 13.6 Å². The van der Waals surface area contributed by atoms with Gasteiger partial charge in [-0.3, -0.25) is 14.8 Å². The maximum atomic E-state index is 11.0. The molecule has 0 saturated heterocycles. The predicted octanol–water partition coefficient (Wildman–Crippen LogP) is -0.831. The van der Waals surface area contributed by atoms with Gasteiger partial charge in [0.2, 0.25) is 5.91 Å². The molecule has 1 aromatic rings. The first-order valence-electron chi connectivity index (χ1n) is 4.32. The highest BCUT2D eigenvalue weighted by molar-refractivity contribution is 5.83. The van der Waals surface area contributed by atoms with E-state index in [0.29, 0.717) is 6.54 Å². The van der Waals surface area contributed by atoms with E-state index in [0.717, 1.165) is 5.69 Å². The van der Waals surface area contributed by atoms with Crippen LogP contribution in [0.1, 0.15) is 19.5 Å². The van der Waals surface area contributed by atoms with Gasteiger partial charge in [0.05, 0.1) is 17.4 Å². The number of nitrogens with two attached hydrogens (primary N) is 1. The Morgan fingerprint density at radius 3 is 2.79 bits per heavy atom. The molecule has 1 heterocycles. The third kappa shape index (κ3) is 2.29. The zero-order valence-electron chi connectivity index (χ0n) is 8.61. The zero-order chi connectivity index (χ0) is 10.8. The summed E-state index contributed by atoms with van der Waals surface area (Å²) in [4.78, 5) is 11.0. The topological polar surface area (TPSA) is 85.8 Å². The van der Waals surface area contributed by atoms with Gasteiger partial charge in [-0.25, -0.2) is 0 Å². The summed E-state index contributed by atoms with van der Waals surface area (Å²) in [7, 11) is 1.79. The van der Waals surface area contributed by atoms with Crippen molar-refractivity contribution in [3.05, 3.63) is 11.9 Å². The molecule has 1 aromatic heterocycles. The van der Waals surface area contributed by atoms with Crippen molar-refractivity contribution in [1.29, 1.82) is 0 Å². The van der Waals surface area contributed by atoms with Gasteiger partial charge >= 0.3 is 0 Å². The molecule has 1 rings (SSSR count). The van der Waals surface area contributed by atoms with Crippen LogP contribution >= 0.6 is 0 Å². The first-order chi connectivity index (χ1) is 6.43. The van der Waals surface area contributed by atoms with Gasteiger partial charge in [0.1, 0.15) is 0 Å². The van der Waals surface area contributed by atoms with Crippen molar-refractivity contribution in [1.82, 2.24) is 20.3 Å². The Morgan fingerprint density at radius 2 is 2.36 bits per heavy atom. The smallest absolute Gasteiger partial charge is 0.237 e. The van der Waals surface area contributed by atoms with Gasteiger partial charge in [-0.2, -0.15) is 0 Å². The minimum absolute atomic E-state index is 0.382. The van der Waals surface area contributed by atoms with Crippen molar-refractivity contribution in [2.45, 2.75) is 25.9 Å². The van der Waals surface area contributed by atoms with E-state index in [9.17, 15) is 4.79 Å². The van der Waals surface area contributed by atoms with Crippen molar-refractivity contribution in [3.8, 4) is 0 Å². The summed E-state index contributed by atoms with van der Waals surface area (Å²) in [6.45, 7) is 3.98. The minimum Gasteiger partial charge on any atom is -0.368 e. The highest BCUT2D eigenvalue weighted by Gasteiger charge is 2.23. The van der Waals surface area contributed by atoms with Crippen LogP contribution in [0.25, 0.3) is 0 Å². The van der Waals surface area contributed by atoms with Crippen LogP contribution in [-0.2, 0) is 18.4 Å². The molecular formula is C8H15N5O. The number of aryl methyl sites for hydroxylation is 1. The van der Waals surface area contributed by atoms with Crippen LogP contribution in [0.2, 0.25) is 0 Å². The maximum Gasteiger partial charge on any atom is 0.237 e. The number of carbonyl (C=O) groups excluding carboxylic acids is 1. The summed E-state index contributed by atoms with van der Waals surface area (Å²) in [5, 5.41) is 10.5. The van der Waals surface area contributed by atoms with Gasteiger partial charge in [0.15, 0.2) is 0 Å². The molecule has 1 amide bonds. The number of nitrogens with zero attached hydrogens (tertiary/aromatic N) is 3. The Hall–Kier alpha value is -1.43. The lowest BCUT2D eigenvalue weighted by Crippen LogP contribution is -2.50. The molecule has 0 bridgehead atoms. The van der Waals surface area contributed by atoms with Gasteiger partial charge < -0.3 is 5.73 Å². The number of nitrogens with one attached hydrogen (secondary N) is 1. The summed E-state index contributed by atoms with van der Waals surface area (Å²) in [5.41, 5.74) is 5.39. The molecule has 6 nitrogen and oxygen atoms in total. The second-order valence-electron chi connectivity index (χ2n) is 3.69. The number of hydrogen-bond acceptors (Lipinski definition) is 4. The van der Waals surface area contributed by atoms with E-state index in [1.165, 1.54) is 0 Å². The standard InChI is InChI=1S/C8H15N5O/c1-8(2,7(9)14)10-4-6-5-11-12-13(6)3/h5,10H,4H2,1-3H3,(H2,9,14). The molecule has 0 radical (unpaired) electrons. The lowest BCUT2D eigenvalue weighted by Gasteiger charge is -2.21. The largest absolute Gasteiger partial charge is 0.368 e. The van der Waals surface area contributed by atoms with E-state index < -0.39 is 5.54 Å². The first kappa shape index (κ1) is 10.6. The molecule has 14 heavy (non-hydrogen) atoms. The van der Waals surface area contributed by atoms with E-state index in [4.69, 9.17) is 5.73 Å².